The van der Waals surface area contributed by atoms with Crippen LogP contribution in [0.5, 0.6) is 0 Å². The first-order valence-electron chi connectivity index (χ1n) is 6.38. The molecule has 1 aliphatic carbocycles. The van der Waals surface area contributed by atoms with Gasteiger partial charge in [0.1, 0.15) is 6.29 Å². The molecule has 2 heteroatoms. The molecule has 0 N–H and O–H groups in total. The van der Waals surface area contributed by atoms with Gasteiger partial charge in [0, 0.05) is 11.5 Å². The number of hydrogen-bond acceptors (Lipinski definition) is 2. The second-order valence-electron chi connectivity index (χ2n) is 6.24. The van der Waals surface area contributed by atoms with E-state index in [1.165, 1.54) is 25.9 Å². The van der Waals surface area contributed by atoms with Crippen LogP contribution in [0.15, 0.2) is 12.2 Å². The molecule has 0 bridgehead atoms. The minimum atomic E-state index is -0.247. The van der Waals surface area contributed by atoms with E-state index in [2.05, 4.69) is 37.8 Å². The molecule has 2 atom stereocenters. The largest absolute Gasteiger partial charge is 0.302 e. The third kappa shape index (κ3) is 2.08. The van der Waals surface area contributed by atoms with Crippen LogP contribution in [0.2, 0.25) is 0 Å². The average Bonchev–Trinajstić information content (AvgIpc) is 2.75. The lowest BCUT2D eigenvalue weighted by Crippen LogP contribution is -2.48. The number of allylic oxidation sites excluding steroid dienone is 1. The lowest BCUT2D eigenvalue weighted by molar-refractivity contribution is -0.115. The van der Waals surface area contributed by atoms with Crippen molar-refractivity contribution in [2.75, 3.05) is 13.1 Å². The Morgan fingerprint density at radius 3 is 2.38 bits per heavy atom. The van der Waals surface area contributed by atoms with Gasteiger partial charge in [-0.15, -0.1) is 0 Å². The summed E-state index contributed by atoms with van der Waals surface area (Å²) in [5.74, 6) is 0. The van der Waals surface area contributed by atoms with Crippen LogP contribution in [0.4, 0.5) is 0 Å². The van der Waals surface area contributed by atoms with Gasteiger partial charge in [0.2, 0.25) is 0 Å². The van der Waals surface area contributed by atoms with E-state index in [0.717, 1.165) is 12.7 Å². The number of rotatable bonds is 2. The molecule has 1 aliphatic heterocycles. The first-order chi connectivity index (χ1) is 7.47. The second-order valence-corrected chi connectivity index (χ2v) is 6.24. The molecule has 90 valence electrons. The van der Waals surface area contributed by atoms with Gasteiger partial charge in [-0.3, -0.25) is 4.90 Å². The van der Waals surface area contributed by atoms with Crippen molar-refractivity contribution in [1.29, 1.82) is 0 Å². The van der Waals surface area contributed by atoms with Crippen LogP contribution in [0, 0.1) is 10.8 Å². The third-order valence-corrected chi connectivity index (χ3v) is 4.24. The van der Waals surface area contributed by atoms with Crippen LogP contribution >= 0.6 is 0 Å². The van der Waals surface area contributed by atoms with E-state index in [9.17, 15) is 4.79 Å². The fraction of sp³-hybridized carbons (Fsp3) is 0.786. The lowest BCUT2D eigenvalue weighted by atomic mass is 9.68. The Morgan fingerprint density at radius 2 is 1.81 bits per heavy atom. The zero-order chi connectivity index (χ0) is 11.8. The molecule has 1 heterocycles. The van der Waals surface area contributed by atoms with Gasteiger partial charge in [-0.05, 0) is 44.7 Å². The Labute approximate surface area is 98.7 Å². The van der Waals surface area contributed by atoms with E-state index in [1.54, 1.807) is 0 Å². The molecule has 0 aromatic heterocycles. The van der Waals surface area contributed by atoms with Crippen LogP contribution in [-0.4, -0.2) is 30.3 Å². The number of likely N-dealkylation sites (tertiary alicyclic amines) is 1. The highest BCUT2D eigenvalue weighted by Crippen LogP contribution is 2.42. The fourth-order valence-corrected chi connectivity index (χ4v) is 3.00. The quantitative estimate of drug-likeness (QED) is 0.528. The highest BCUT2D eigenvalue weighted by atomic mass is 16.1. The van der Waals surface area contributed by atoms with E-state index >= 15 is 0 Å². The summed E-state index contributed by atoms with van der Waals surface area (Å²) in [7, 11) is 0. The summed E-state index contributed by atoms with van der Waals surface area (Å²) >= 11 is 0. The predicted octanol–water partition coefficient (Wildman–Crippen LogP) is 2.64. The van der Waals surface area contributed by atoms with Crippen molar-refractivity contribution in [2.24, 2.45) is 10.8 Å². The summed E-state index contributed by atoms with van der Waals surface area (Å²) in [6.07, 6.45) is 9.06. The number of carbonyl (C=O) groups is 1. The van der Waals surface area contributed by atoms with Crippen molar-refractivity contribution in [1.82, 2.24) is 4.90 Å². The van der Waals surface area contributed by atoms with E-state index in [0.29, 0.717) is 6.04 Å². The molecule has 2 rings (SSSR count). The molecule has 0 saturated carbocycles. The second kappa shape index (κ2) is 3.99. The van der Waals surface area contributed by atoms with Crippen LogP contribution in [0.1, 0.15) is 40.0 Å². The van der Waals surface area contributed by atoms with Crippen LogP contribution in [-0.2, 0) is 4.79 Å². The Morgan fingerprint density at radius 1 is 1.19 bits per heavy atom. The highest BCUT2D eigenvalue weighted by molar-refractivity contribution is 5.63. The van der Waals surface area contributed by atoms with Gasteiger partial charge < -0.3 is 4.79 Å². The van der Waals surface area contributed by atoms with Gasteiger partial charge in [-0.25, -0.2) is 0 Å². The molecule has 2 aliphatic rings. The van der Waals surface area contributed by atoms with Crippen molar-refractivity contribution in [3.05, 3.63) is 12.2 Å². The van der Waals surface area contributed by atoms with Crippen LogP contribution < -0.4 is 0 Å². The number of hydrogen-bond donors (Lipinski definition) is 0. The minimum absolute atomic E-state index is 0.201. The zero-order valence-corrected chi connectivity index (χ0v) is 10.7. The van der Waals surface area contributed by atoms with Gasteiger partial charge in [0.15, 0.2) is 0 Å². The summed E-state index contributed by atoms with van der Waals surface area (Å²) < 4.78 is 0. The highest BCUT2D eigenvalue weighted by Gasteiger charge is 2.41. The molecule has 1 saturated heterocycles. The predicted molar refractivity (Wildman–Crippen MR) is 66.3 cm³/mol. The fourth-order valence-electron chi connectivity index (χ4n) is 3.00. The summed E-state index contributed by atoms with van der Waals surface area (Å²) in [5, 5.41) is 0. The monoisotopic (exact) mass is 221 g/mol. The minimum Gasteiger partial charge on any atom is -0.302 e. The van der Waals surface area contributed by atoms with Gasteiger partial charge in [-0.1, -0.05) is 26.0 Å². The van der Waals surface area contributed by atoms with Gasteiger partial charge in [0.25, 0.3) is 0 Å². The van der Waals surface area contributed by atoms with E-state index in [4.69, 9.17) is 0 Å². The number of carbonyl (C=O) groups excluding carboxylic acids is 1. The smallest absolute Gasteiger partial charge is 0.129 e. The maximum atomic E-state index is 11.2. The Bertz CT molecular complexity index is 302. The Hall–Kier alpha value is -0.630. The molecule has 16 heavy (non-hydrogen) atoms. The molecular weight excluding hydrogens is 198 g/mol. The summed E-state index contributed by atoms with van der Waals surface area (Å²) in [4.78, 5) is 13.8. The molecule has 0 radical (unpaired) electrons. The summed E-state index contributed by atoms with van der Waals surface area (Å²) in [5.41, 5.74) is -0.0460. The zero-order valence-electron chi connectivity index (χ0n) is 10.7. The number of nitrogens with zero attached hydrogens (tertiary/aromatic N) is 1. The van der Waals surface area contributed by atoms with Crippen molar-refractivity contribution >= 4 is 6.29 Å². The standard InChI is InChI=1S/C14H23NO/c1-13(2)6-7-14(3,11-16)10-12(13)15-8-4-5-9-15/h6-7,11-12H,4-5,8-10H2,1-3H3. The van der Waals surface area contributed by atoms with Crippen molar-refractivity contribution < 1.29 is 4.79 Å². The van der Waals surface area contributed by atoms with E-state index in [-0.39, 0.29) is 10.8 Å². The van der Waals surface area contributed by atoms with E-state index < -0.39 is 0 Å². The normalized spacial score (nSPS) is 38.8. The van der Waals surface area contributed by atoms with Crippen LogP contribution in [0.25, 0.3) is 0 Å². The average molecular weight is 221 g/mol. The van der Waals surface area contributed by atoms with Gasteiger partial charge in [-0.2, -0.15) is 0 Å². The maximum Gasteiger partial charge on any atom is 0.129 e. The molecule has 0 aromatic carbocycles. The van der Waals surface area contributed by atoms with E-state index in [1.807, 2.05) is 0 Å². The molecular formula is C14H23NO. The topological polar surface area (TPSA) is 20.3 Å². The first-order valence-corrected chi connectivity index (χ1v) is 6.38. The van der Waals surface area contributed by atoms with Crippen molar-refractivity contribution in [2.45, 2.75) is 46.1 Å². The maximum absolute atomic E-state index is 11.2. The molecule has 0 spiro atoms. The number of aldehydes is 1. The summed E-state index contributed by atoms with van der Waals surface area (Å²) in [6, 6.07) is 0.523. The lowest BCUT2D eigenvalue weighted by Gasteiger charge is -2.45. The third-order valence-electron chi connectivity index (χ3n) is 4.24. The Balaban J connectivity index is 2.22. The summed E-state index contributed by atoms with van der Waals surface area (Å²) in [6.45, 7) is 9.04. The molecule has 2 unspecified atom stereocenters. The van der Waals surface area contributed by atoms with Gasteiger partial charge in [0.05, 0.1) is 0 Å². The molecule has 0 aromatic rings. The van der Waals surface area contributed by atoms with Crippen molar-refractivity contribution in [3.63, 3.8) is 0 Å². The van der Waals surface area contributed by atoms with Crippen molar-refractivity contribution in [3.8, 4) is 0 Å². The molecule has 0 amide bonds. The van der Waals surface area contributed by atoms with Gasteiger partial charge >= 0.3 is 0 Å². The first kappa shape index (κ1) is 11.8. The Kier molecular flexibility index (Phi) is 2.95. The molecule has 2 nitrogen and oxygen atoms in total. The SMILES string of the molecule is CC1(C=O)C=CC(C)(C)C(N2CCCC2)C1. The van der Waals surface area contributed by atoms with Crippen LogP contribution in [0.3, 0.4) is 0 Å². The molecule has 1 fully saturated rings.